The maximum atomic E-state index is 10.9. The Morgan fingerprint density at radius 1 is 0.500 bits per heavy atom. The number of rotatable bonds is 29. The summed E-state index contributed by atoms with van der Waals surface area (Å²) in [7, 11) is 3.28. The van der Waals surface area contributed by atoms with E-state index >= 15 is 0 Å². The van der Waals surface area contributed by atoms with Crippen molar-refractivity contribution in [3.63, 3.8) is 0 Å². The summed E-state index contributed by atoms with van der Waals surface area (Å²) in [6, 6.07) is 20.8. The quantitative estimate of drug-likeness (QED) is 0.0230. The Morgan fingerprint density at radius 2 is 0.861 bits per heavy atom. The summed E-state index contributed by atoms with van der Waals surface area (Å²) in [6.45, 7) is 18.3. The summed E-state index contributed by atoms with van der Waals surface area (Å²) in [5, 5.41) is 7.69. The molecule has 0 unspecified atom stereocenters. The molecule has 0 amide bonds. The maximum Gasteiger partial charge on any atom is 0.330 e. The van der Waals surface area contributed by atoms with Crippen LogP contribution in [-0.4, -0.2) is 84.6 Å². The highest BCUT2D eigenvalue weighted by Crippen LogP contribution is 2.31. The zero-order valence-electron chi connectivity index (χ0n) is 44.4. The van der Waals surface area contributed by atoms with Gasteiger partial charge in [0.2, 0.25) is 0 Å². The molecule has 2 fully saturated rings. The van der Waals surface area contributed by atoms with Crippen LogP contribution in [-0.2, 0) is 28.7 Å². The summed E-state index contributed by atoms with van der Waals surface area (Å²) in [6.07, 6.45) is 21.7. The zero-order valence-corrected chi connectivity index (χ0v) is 44.4. The van der Waals surface area contributed by atoms with Gasteiger partial charge in [0.1, 0.15) is 47.1 Å². The largest absolute Gasteiger partial charge is 0.497 e. The van der Waals surface area contributed by atoms with Crippen molar-refractivity contribution in [3.8, 4) is 34.5 Å². The minimum Gasteiger partial charge on any atom is -0.497 e. The molecule has 2 saturated carbocycles. The summed E-state index contributed by atoms with van der Waals surface area (Å²) in [5.74, 6) is 5.55. The molecule has 0 spiro atoms. The van der Waals surface area contributed by atoms with Gasteiger partial charge in [0.15, 0.2) is 0 Å². The number of carbonyl (C=O) groups is 4. The molecule has 5 rings (SSSR count). The van der Waals surface area contributed by atoms with Crippen molar-refractivity contribution in [2.24, 2.45) is 23.7 Å². The van der Waals surface area contributed by atoms with Gasteiger partial charge in [-0.15, -0.1) is 0 Å². The van der Waals surface area contributed by atoms with E-state index in [4.69, 9.17) is 43.3 Å². The number of benzene rings is 3. The number of hydrogen-bond acceptors (Lipinski definition) is 13. The van der Waals surface area contributed by atoms with E-state index in [-0.39, 0.29) is 23.8 Å². The molecule has 0 aromatic heterocycles. The molecule has 13 heteroatoms. The van der Waals surface area contributed by atoms with E-state index in [9.17, 15) is 19.2 Å². The molecule has 0 aliphatic heterocycles. The van der Waals surface area contributed by atoms with Gasteiger partial charge in [-0.1, -0.05) is 40.9 Å². The van der Waals surface area contributed by atoms with Crippen molar-refractivity contribution >= 4 is 30.7 Å². The number of carbonyl (C=O) groups excluding carboxylic acids is 4. The predicted octanol–water partition coefficient (Wildman–Crippen LogP) is 13.2. The van der Waals surface area contributed by atoms with Gasteiger partial charge in [-0.05, 0) is 181 Å². The third kappa shape index (κ3) is 29.3. The molecule has 3 aromatic carbocycles. The number of methoxy groups -OCH3 is 2. The first-order valence-corrected chi connectivity index (χ1v) is 26.2. The molecule has 1 N–H and O–H groups in total. The lowest BCUT2D eigenvalue weighted by Gasteiger charge is -2.26. The topological polar surface area (TPSA) is 166 Å². The number of esters is 2. The lowest BCUT2D eigenvalue weighted by molar-refractivity contribution is -0.138. The first-order valence-electron chi connectivity index (χ1n) is 26.2. The Labute approximate surface area is 431 Å². The van der Waals surface area contributed by atoms with E-state index in [1.54, 1.807) is 14.2 Å². The van der Waals surface area contributed by atoms with Crippen molar-refractivity contribution in [3.05, 3.63) is 97.6 Å². The van der Waals surface area contributed by atoms with E-state index in [1.165, 1.54) is 18.4 Å². The van der Waals surface area contributed by atoms with Crippen LogP contribution in [0.15, 0.2) is 92.0 Å². The van der Waals surface area contributed by atoms with Crippen molar-refractivity contribution in [2.45, 2.75) is 130 Å². The monoisotopic (exact) mass is 1000 g/mol. The van der Waals surface area contributed by atoms with Gasteiger partial charge in [-0.25, -0.2) is 9.59 Å². The third-order valence-corrected chi connectivity index (χ3v) is 11.8. The number of nitrogens with one attached hydrogen (secondary N) is 1. The second-order valence-electron chi connectivity index (χ2n) is 16.9. The molecule has 13 nitrogen and oxygen atoms in total. The summed E-state index contributed by atoms with van der Waals surface area (Å²) < 4.78 is 43.1. The zero-order chi connectivity index (χ0) is 53.0. The molecule has 0 atom stereocenters. The second kappa shape index (κ2) is 42.6. The normalized spacial score (nSPS) is 16.4. The molecule has 3 aromatic rings. The standard InChI is InChI=1S/C23H31NO4.2C16H22O4.2C2H6/c24-12-21-11-22(27-15-19-5-1-17(13-25)2-6-19)9-10-23(21)28-16-20-7-3-18(14-26)4-8-20;2*1-3-16(17)20-13-7-5-4-6-12-19-15-10-8-14(18-2)9-11-15;2*1-2/h9-14,17-20,24H,1-8,15-16H2;2*3,8-11H,1,4-7,12-13H2,2H3;2*1-2H3. The Kier molecular flexibility index (Phi) is 37.8. The van der Waals surface area contributed by atoms with Crippen LogP contribution in [0.2, 0.25) is 0 Å². The molecule has 400 valence electrons. The number of aldehydes is 2. The van der Waals surface area contributed by atoms with Crippen LogP contribution in [0.4, 0.5) is 0 Å². The fourth-order valence-corrected chi connectivity index (χ4v) is 7.57. The Bertz CT molecular complexity index is 1810. The molecule has 2 aliphatic rings. The van der Waals surface area contributed by atoms with E-state index in [1.807, 2.05) is 94.4 Å². The average Bonchev–Trinajstić information content (AvgIpc) is 3.45. The summed E-state index contributed by atoms with van der Waals surface area (Å²) in [5.41, 5.74) is 0.726. The van der Waals surface area contributed by atoms with Crippen LogP contribution in [0.1, 0.15) is 136 Å². The van der Waals surface area contributed by atoms with Crippen molar-refractivity contribution in [1.82, 2.24) is 0 Å². The molecular formula is C59H87NO12. The minimum absolute atomic E-state index is 0.221. The van der Waals surface area contributed by atoms with Gasteiger partial charge in [0, 0.05) is 35.8 Å². The predicted molar refractivity (Wildman–Crippen MR) is 287 cm³/mol. The second-order valence-corrected chi connectivity index (χ2v) is 16.9. The third-order valence-electron chi connectivity index (χ3n) is 11.8. The van der Waals surface area contributed by atoms with Crippen LogP contribution in [0.25, 0.3) is 0 Å². The first kappa shape index (κ1) is 63.9. The van der Waals surface area contributed by atoms with Gasteiger partial charge >= 0.3 is 11.9 Å². The van der Waals surface area contributed by atoms with Crippen LogP contribution < -0.4 is 28.4 Å². The highest BCUT2D eigenvalue weighted by molar-refractivity contribution is 5.82. The lowest BCUT2D eigenvalue weighted by Crippen LogP contribution is -2.21. The average molecular weight is 1000 g/mol. The van der Waals surface area contributed by atoms with E-state index in [0.717, 1.165) is 150 Å². The molecule has 0 heterocycles. The van der Waals surface area contributed by atoms with Crippen LogP contribution in [0, 0.1) is 29.1 Å². The first-order chi connectivity index (χ1) is 35.2. The van der Waals surface area contributed by atoms with Gasteiger partial charge in [-0.2, -0.15) is 0 Å². The molecule has 0 bridgehead atoms. The van der Waals surface area contributed by atoms with Gasteiger partial charge in [-0.3, -0.25) is 0 Å². The molecule has 2 aliphatic carbocycles. The van der Waals surface area contributed by atoms with Crippen LogP contribution in [0.3, 0.4) is 0 Å². The van der Waals surface area contributed by atoms with Gasteiger partial charge < -0.3 is 52.9 Å². The van der Waals surface area contributed by atoms with Crippen LogP contribution >= 0.6 is 0 Å². The van der Waals surface area contributed by atoms with Gasteiger partial charge in [0.25, 0.3) is 0 Å². The number of hydrogen-bond donors (Lipinski definition) is 1. The van der Waals surface area contributed by atoms with Crippen molar-refractivity contribution in [2.75, 3.05) is 53.9 Å². The highest BCUT2D eigenvalue weighted by atomic mass is 16.5. The molecule has 0 radical (unpaired) electrons. The van der Waals surface area contributed by atoms with E-state index in [2.05, 4.69) is 13.2 Å². The summed E-state index contributed by atoms with van der Waals surface area (Å²) in [4.78, 5) is 43.3. The minimum atomic E-state index is -0.354. The number of unbranched alkanes of at least 4 members (excludes halogenated alkanes) is 6. The van der Waals surface area contributed by atoms with E-state index in [0.29, 0.717) is 57.2 Å². The SMILES string of the molecule is C=CC(=O)OCCCCCCOc1ccc(OC)cc1.C=CC(=O)OCCCCCCOc1ccc(OC)cc1.CC.CC.N=Cc1cc(OCC2CCC(C=O)CC2)ccc1OCC1CCC(C=O)CC1. The maximum absolute atomic E-state index is 10.9. The fourth-order valence-electron chi connectivity index (χ4n) is 7.57. The summed E-state index contributed by atoms with van der Waals surface area (Å²) >= 11 is 0. The Balaban J connectivity index is 0.000000533. The van der Waals surface area contributed by atoms with Crippen LogP contribution in [0.5, 0.6) is 34.5 Å². The van der Waals surface area contributed by atoms with E-state index < -0.39 is 0 Å². The van der Waals surface area contributed by atoms with Crippen molar-refractivity contribution < 1.29 is 57.1 Å². The Hall–Kier alpha value is -6.11. The molecular weight excluding hydrogens is 915 g/mol. The molecule has 0 saturated heterocycles. The lowest BCUT2D eigenvalue weighted by atomic mass is 9.83. The Morgan fingerprint density at radius 3 is 1.22 bits per heavy atom. The number of ether oxygens (including phenoxy) is 8. The van der Waals surface area contributed by atoms with Gasteiger partial charge in [0.05, 0.1) is 53.9 Å². The smallest absolute Gasteiger partial charge is 0.330 e. The highest BCUT2D eigenvalue weighted by Gasteiger charge is 2.23. The fraction of sp³-hybridized carbons (Fsp3) is 0.542. The van der Waals surface area contributed by atoms with Crippen molar-refractivity contribution in [1.29, 1.82) is 5.41 Å². The molecule has 72 heavy (non-hydrogen) atoms.